The second kappa shape index (κ2) is 5.44. The molecule has 0 bridgehead atoms. The molecule has 0 saturated carbocycles. The van der Waals surface area contributed by atoms with Gasteiger partial charge >= 0.3 is 5.97 Å². The zero-order valence-corrected chi connectivity index (χ0v) is 10.1. The molecule has 0 amide bonds. The van der Waals surface area contributed by atoms with Gasteiger partial charge in [-0.05, 0) is 13.0 Å². The first kappa shape index (κ1) is 12.4. The van der Waals surface area contributed by atoms with Crippen molar-refractivity contribution in [2.24, 2.45) is 5.92 Å². The lowest BCUT2D eigenvalue weighted by Gasteiger charge is -2.20. The molecule has 1 heterocycles. The first-order valence-electron chi connectivity index (χ1n) is 5.13. The zero-order chi connectivity index (χ0) is 12.1. The van der Waals surface area contributed by atoms with Crippen LogP contribution in [0, 0.1) is 12.8 Å². The second-order valence-electron chi connectivity index (χ2n) is 3.80. The summed E-state index contributed by atoms with van der Waals surface area (Å²) in [6.07, 6.45) is 1.71. The molecule has 1 rings (SSSR count). The predicted octanol–water partition coefficient (Wildman–Crippen LogP) is 1.03. The van der Waals surface area contributed by atoms with Gasteiger partial charge in [-0.15, -0.1) is 0 Å². The van der Waals surface area contributed by atoms with Gasteiger partial charge in [0.2, 0.25) is 5.95 Å². The van der Waals surface area contributed by atoms with Crippen molar-refractivity contribution in [3.8, 4) is 0 Å². The maximum atomic E-state index is 11.3. The molecule has 0 aromatic carbocycles. The normalized spacial score (nSPS) is 12.0. The van der Waals surface area contributed by atoms with Gasteiger partial charge < -0.3 is 9.64 Å². The van der Waals surface area contributed by atoms with Gasteiger partial charge in [0.25, 0.3) is 0 Å². The lowest BCUT2D eigenvalue weighted by molar-refractivity contribution is -0.144. The summed E-state index contributed by atoms with van der Waals surface area (Å²) >= 11 is 0. The highest BCUT2D eigenvalue weighted by Gasteiger charge is 2.16. The van der Waals surface area contributed by atoms with Crippen LogP contribution in [0.1, 0.15) is 12.6 Å². The number of carbonyl (C=O) groups excluding carboxylic acids is 1. The predicted molar refractivity (Wildman–Crippen MR) is 61.2 cm³/mol. The fourth-order valence-corrected chi connectivity index (χ4v) is 1.39. The van der Waals surface area contributed by atoms with Crippen molar-refractivity contribution in [3.05, 3.63) is 18.0 Å². The Bertz CT molecular complexity index is 368. The van der Waals surface area contributed by atoms with Crippen LogP contribution in [0.3, 0.4) is 0 Å². The topological polar surface area (TPSA) is 55.3 Å². The second-order valence-corrected chi connectivity index (χ2v) is 3.80. The molecule has 0 saturated heterocycles. The van der Waals surface area contributed by atoms with E-state index in [2.05, 4.69) is 14.7 Å². The molecule has 0 N–H and O–H groups in total. The van der Waals surface area contributed by atoms with Crippen molar-refractivity contribution in [1.29, 1.82) is 0 Å². The number of nitrogens with zero attached hydrogens (tertiary/aromatic N) is 3. The molecule has 16 heavy (non-hydrogen) atoms. The van der Waals surface area contributed by atoms with Crippen molar-refractivity contribution in [1.82, 2.24) is 9.97 Å². The van der Waals surface area contributed by atoms with E-state index >= 15 is 0 Å². The summed E-state index contributed by atoms with van der Waals surface area (Å²) in [5.41, 5.74) is 0.905. The van der Waals surface area contributed by atoms with Crippen LogP contribution in [-0.4, -0.2) is 36.6 Å². The highest BCUT2D eigenvalue weighted by atomic mass is 16.5. The monoisotopic (exact) mass is 223 g/mol. The number of esters is 1. The Morgan fingerprint density at radius 2 is 2.31 bits per heavy atom. The summed E-state index contributed by atoms with van der Waals surface area (Å²) in [5.74, 6) is 0.203. The van der Waals surface area contributed by atoms with Crippen LogP contribution < -0.4 is 4.90 Å². The van der Waals surface area contributed by atoms with Gasteiger partial charge in [-0.25, -0.2) is 9.97 Å². The van der Waals surface area contributed by atoms with Crippen LogP contribution in [0.5, 0.6) is 0 Å². The van der Waals surface area contributed by atoms with Crippen LogP contribution >= 0.6 is 0 Å². The quantitative estimate of drug-likeness (QED) is 0.714. The van der Waals surface area contributed by atoms with Gasteiger partial charge in [0.15, 0.2) is 0 Å². The molecule has 88 valence electrons. The Hall–Kier alpha value is -1.65. The van der Waals surface area contributed by atoms with Gasteiger partial charge in [-0.1, -0.05) is 6.92 Å². The lowest BCUT2D eigenvalue weighted by Crippen LogP contribution is -2.30. The molecule has 1 aromatic heterocycles. The fraction of sp³-hybridized carbons (Fsp3) is 0.545. The standard InChI is InChI=1S/C11H17N3O2/c1-8(10(15)16-4)7-14(3)11-12-6-5-9(2)13-11/h5-6,8H,7H2,1-4H3. The van der Waals surface area contributed by atoms with E-state index in [1.54, 1.807) is 6.20 Å². The number of aryl methyl sites for hydroxylation is 1. The first-order valence-corrected chi connectivity index (χ1v) is 5.13. The summed E-state index contributed by atoms with van der Waals surface area (Å²) in [6, 6.07) is 1.83. The van der Waals surface area contributed by atoms with Crippen LogP contribution in [0.2, 0.25) is 0 Å². The zero-order valence-electron chi connectivity index (χ0n) is 10.1. The fourth-order valence-electron chi connectivity index (χ4n) is 1.39. The molecule has 1 aromatic rings. The molecule has 5 nitrogen and oxygen atoms in total. The number of hydrogen-bond acceptors (Lipinski definition) is 5. The Kier molecular flexibility index (Phi) is 4.22. The van der Waals surface area contributed by atoms with Crippen LogP contribution in [0.15, 0.2) is 12.3 Å². The number of ether oxygens (including phenoxy) is 1. The number of carbonyl (C=O) groups is 1. The van der Waals surface area contributed by atoms with Gasteiger partial charge in [0.1, 0.15) is 0 Å². The minimum Gasteiger partial charge on any atom is -0.469 e. The van der Waals surface area contributed by atoms with Crippen LogP contribution in [0.25, 0.3) is 0 Å². The lowest BCUT2D eigenvalue weighted by atomic mass is 10.2. The van der Waals surface area contributed by atoms with Gasteiger partial charge in [-0.3, -0.25) is 4.79 Å². The molecular formula is C11H17N3O2. The first-order chi connectivity index (χ1) is 7.54. The highest BCUT2D eigenvalue weighted by Crippen LogP contribution is 2.08. The van der Waals surface area contributed by atoms with Crippen molar-refractivity contribution < 1.29 is 9.53 Å². The Morgan fingerprint density at radius 3 is 2.88 bits per heavy atom. The van der Waals surface area contributed by atoms with Crippen LogP contribution in [0.4, 0.5) is 5.95 Å². The third kappa shape index (κ3) is 3.18. The van der Waals surface area contributed by atoms with E-state index in [4.69, 9.17) is 0 Å². The Morgan fingerprint density at radius 1 is 1.62 bits per heavy atom. The summed E-state index contributed by atoms with van der Waals surface area (Å²) in [7, 11) is 3.25. The molecule has 5 heteroatoms. The molecule has 1 unspecified atom stereocenters. The maximum Gasteiger partial charge on any atom is 0.310 e. The maximum absolute atomic E-state index is 11.3. The highest BCUT2D eigenvalue weighted by molar-refractivity contribution is 5.72. The average Bonchev–Trinajstić information content (AvgIpc) is 2.27. The van der Waals surface area contributed by atoms with E-state index in [1.165, 1.54) is 7.11 Å². The van der Waals surface area contributed by atoms with Crippen LogP contribution in [-0.2, 0) is 9.53 Å². The molecule has 0 fully saturated rings. The van der Waals surface area contributed by atoms with E-state index in [-0.39, 0.29) is 11.9 Å². The third-order valence-electron chi connectivity index (χ3n) is 2.27. The average molecular weight is 223 g/mol. The number of rotatable bonds is 4. The smallest absolute Gasteiger partial charge is 0.310 e. The largest absolute Gasteiger partial charge is 0.469 e. The summed E-state index contributed by atoms with van der Waals surface area (Å²) in [5, 5.41) is 0. The van der Waals surface area contributed by atoms with Crippen molar-refractivity contribution in [2.75, 3.05) is 25.6 Å². The van der Waals surface area contributed by atoms with Gasteiger partial charge in [0.05, 0.1) is 13.0 Å². The summed E-state index contributed by atoms with van der Waals surface area (Å²) in [4.78, 5) is 21.5. The molecule has 0 aliphatic heterocycles. The molecule has 0 radical (unpaired) electrons. The minimum atomic E-state index is -0.223. The number of anilines is 1. The van der Waals surface area contributed by atoms with E-state index in [1.807, 2.05) is 31.9 Å². The minimum absolute atomic E-state index is 0.195. The van der Waals surface area contributed by atoms with Crippen molar-refractivity contribution in [2.45, 2.75) is 13.8 Å². The van der Waals surface area contributed by atoms with E-state index in [9.17, 15) is 4.79 Å². The SMILES string of the molecule is COC(=O)C(C)CN(C)c1nccc(C)n1. The molecule has 0 aliphatic carbocycles. The van der Waals surface area contributed by atoms with Gasteiger partial charge in [0, 0.05) is 25.5 Å². The molecule has 1 atom stereocenters. The molecular weight excluding hydrogens is 206 g/mol. The summed E-state index contributed by atoms with van der Waals surface area (Å²) < 4.78 is 4.67. The van der Waals surface area contributed by atoms with Crippen molar-refractivity contribution >= 4 is 11.9 Å². The number of aromatic nitrogens is 2. The van der Waals surface area contributed by atoms with E-state index in [0.29, 0.717) is 12.5 Å². The molecule has 0 aliphatic rings. The number of hydrogen-bond donors (Lipinski definition) is 0. The third-order valence-corrected chi connectivity index (χ3v) is 2.27. The van der Waals surface area contributed by atoms with E-state index in [0.717, 1.165) is 5.69 Å². The Labute approximate surface area is 95.5 Å². The molecule has 0 spiro atoms. The van der Waals surface area contributed by atoms with E-state index < -0.39 is 0 Å². The van der Waals surface area contributed by atoms with Gasteiger partial charge in [-0.2, -0.15) is 0 Å². The Balaban J connectivity index is 2.65. The van der Waals surface area contributed by atoms with Crippen molar-refractivity contribution in [3.63, 3.8) is 0 Å². The number of methoxy groups -OCH3 is 1. The summed E-state index contributed by atoms with van der Waals surface area (Å²) in [6.45, 7) is 4.26.